The third-order valence-electron chi connectivity index (χ3n) is 4.15. The van der Waals surface area contributed by atoms with E-state index in [9.17, 15) is 4.79 Å². The van der Waals surface area contributed by atoms with Gasteiger partial charge in [-0.3, -0.25) is 4.98 Å². The number of ether oxygens (including phenoxy) is 1. The van der Waals surface area contributed by atoms with E-state index < -0.39 is 0 Å². The van der Waals surface area contributed by atoms with Crippen molar-refractivity contribution in [2.24, 2.45) is 0 Å². The Bertz CT molecular complexity index is 634. The third-order valence-corrected chi connectivity index (χ3v) is 4.15. The second-order valence-electron chi connectivity index (χ2n) is 5.98. The molecule has 0 saturated carbocycles. The first-order valence-corrected chi connectivity index (χ1v) is 8.44. The largest absolute Gasteiger partial charge is 0.488 e. The minimum atomic E-state index is -0.00559. The lowest BCUT2D eigenvalue weighted by atomic mass is 10.1. The van der Waals surface area contributed by atoms with Crippen LogP contribution in [0.2, 0.25) is 0 Å². The van der Waals surface area contributed by atoms with Crippen LogP contribution < -0.4 is 10.1 Å². The van der Waals surface area contributed by atoms with Gasteiger partial charge in [0.05, 0.1) is 6.54 Å². The maximum absolute atomic E-state index is 12.3. The Kier molecular flexibility index (Phi) is 5.66. The lowest BCUT2D eigenvalue weighted by molar-refractivity contribution is 0.101. The third kappa shape index (κ3) is 4.72. The van der Waals surface area contributed by atoms with Gasteiger partial charge < -0.3 is 15.0 Å². The number of piperidine rings is 1. The summed E-state index contributed by atoms with van der Waals surface area (Å²) >= 11 is 0. The number of aromatic nitrogens is 1. The minimum Gasteiger partial charge on any atom is -0.488 e. The summed E-state index contributed by atoms with van der Waals surface area (Å²) in [5.74, 6) is 0.807. The molecule has 0 radical (unpaired) electrons. The average Bonchev–Trinajstić information content (AvgIpc) is 2.64. The van der Waals surface area contributed by atoms with Crippen molar-refractivity contribution in [1.29, 1.82) is 0 Å². The Balaban J connectivity index is 1.44. The minimum absolute atomic E-state index is 0.00559. The highest BCUT2D eigenvalue weighted by molar-refractivity contribution is 5.74. The second kappa shape index (κ2) is 8.34. The molecule has 1 aromatic heterocycles. The average molecular weight is 325 g/mol. The predicted octanol–water partition coefficient (Wildman–Crippen LogP) is 2.88. The summed E-state index contributed by atoms with van der Waals surface area (Å²) in [6.45, 7) is 2.06. The number of nitrogens with zero attached hydrogens (tertiary/aromatic N) is 2. The SMILES string of the molecule is O=C(NCCc1ccccc1)N1CCC[C@@H](Oc2ccncc2)C1. The van der Waals surface area contributed by atoms with Gasteiger partial charge in [-0.1, -0.05) is 30.3 Å². The van der Waals surface area contributed by atoms with E-state index in [2.05, 4.69) is 22.4 Å². The first kappa shape index (κ1) is 16.3. The van der Waals surface area contributed by atoms with Crippen LogP contribution in [0.1, 0.15) is 18.4 Å². The van der Waals surface area contributed by atoms with E-state index in [0.29, 0.717) is 13.1 Å². The predicted molar refractivity (Wildman–Crippen MR) is 93.0 cm³/mol. The monoisotopic (exact) mass is 325 g/mol. The number of rotatable bonds is 5. The number of nitrogens with one attached hydrogen (secondary N) is 1. The van der Waals surface area contributed by atoms with Crippen molar-refractivity contribution in [2.45, 2.75) is 25.4 Å². The molecule has 2 amide bonds. The van der Waals surface area contributed by atoms with Crippen LogP contribution in [0.5, 0.6) is 5.75 Å². The molecule has 1 aliphatic heterocycles. The Morgan fingerprint density at radius 3 is 2.79 bits per heavy atom. The summed E-state index contributed by atoms with van der Waals surface area (Å²) < 4.78 is 5.95. The Morgan fingerprint density at radius 1 is 1.21 bits per heavy atom. The molecule has 2 aromatic rings. The zero-order chi connectivity index (χ0) is 16.6. The molecule has 0 spiro atoms. The van der Waals surface area contributed by atoms with Crippen molar-refractivity contribution in [3.05, 3.63) is 60.4 Å². The molecule has 5 heteroatoms. The standard InChI is InChI=1S/C19H23N3O2/c23-19(21-13-8-16-5-2-1-3-6-16)22-14-4-7-18(15-22)24-17-9-11-20-12-10-17/h1-3,5-6,9-12,18H,4,7-8,13-15H2,(H,21,23)/t18-/m1/s1. The molecule has 1 saturated heterocycles. The van der Waals surface area contributed by atoms with Gasteiger partial charge in [0.2, 0.25) is 0 Å². The molecular formula is C19H23N3O2. The quantitative estimate of drug-likeness (QED) is 0.920. The van der Waals surface area contributed by atoms with Crippen LogP contribution in [0.4, 0.5) is 4.79 Å². The molecule has 0 bridgehead atoms. The number of carbonyl (C=O) groups excluding carboxylic acids is 1. The number of likely N-dealkylation sites (tertiary alicyclic amines) is 1. The van der Waals surface area contributed by atoms with Crippen LogP contribution in [-0.2, 0) is 6.42 Å². The fraction of sp³-hybridized carbons (Fsp3) is 0.368. The van der Waals surface area contributed by atoms with Gasteiger partial charge in [0.1, 0.15) is 11.9 Å². The maximum Gasteiger partial charge on any atom is 0.317 e. The number of benzene rings is 1. The van der Waals surface area contributed by atoms with Crippen LogP contribution in [0.25, 0.3) is 0 Å². The molecule has 24 heavy (non-hydrogen) atoms. The second-order valence-corrected chi connectivity index (χ2v) is 5.98. The van der Waals surface area contributed by atoms with E-state index in [1.165, 1.54) is 5.56 Å². The highest BCUT2D eigenvalue weighted by atomic mass is 16.5. The van der Waals surface area contributed by atoms with Crippen molar-refractivity contribution in [2.75, 3.05) is 19.6 Å². The summed E-state index contributed by atoms with van der Waals surface area (Å²) in [5, 5.41) is 3.01. The highest BCUT2D eigenvalue weighted by Crippen LogP contribution is 2.17. The van der Waals surface area contributed by atoms with E-state index in [0.717, 1.165) is 31.6 Å². The summed E-state index contributed by atoms with van der Waals surface area (Å²) in [4.78, 5) is 18.2. The summed E-state index contributed by atoms with van der Waals surface area (Å²) in [6, 6.07) is 13.9. The molecule has 0 unspecified atom stereocenters. The van der Waals surface area contributed by atoms with Gasteiger partial charge >= 0.3 is 6.03 Å². The molecule has 1 aromatic carbocycles. The Morgan fingerprint density at radius 2 is 2.00 bits per heavy atom. The molecule has 1 fully saturated rings. The van der Waals surface area contributed by atoms with E-state index in [4.69, 9.17) is 4.74 Å². The van der Waals surface area contributed by atoms with Gasteiger partial charge in [0.15, 0.2) is 0 Å². The van der Waals surface area contributed by atoms with Crippen molar-refractivity contribution in [3.8, 4) is 5.75 Å². The van der Waals surface area contributed by atoms with E-state index in [1.54, 1.807) is 12.4 Å². The van der Waals surface area contributed by atoms with Crippen LogP contribution in [0.15, 0.2) is 54.9 Å². The van der Waals surface area contributed by atoms with Crippen LogP contribution >= 0.6 is 0 Å². The molecule has 126 valence electrons. The van der Waals surface area contributed by atoms with Crippen molar-refractivity contribution in [1.82, 2.24) is 15.2 Å². The van der Waals surface area contributed by atoms with E-state index >= 15 is 0 Å². The zero-order valence-electron chi connectivity index (χ0n) is 13.7. The smallest absolute Gasteiger partial charge is 0.317 e. The fourth-order valence-electron chi connectivity index (χ4n) is 2.90. The van der Waals surface area contributed by atoms with Crippen LogP contribution in [0.3, 0.4) is 0 Å². The molecule has 1 atom stereocenters. The molecule has 1 N–H and O–H groups in total. The van der Waals surface area contributed by atoms with Crippen molar-refractivity contribution < 1.29 is 9.53 Å². The normalized spacial score (nSPS) is 17.3. The van der Waals surface area contributed by atoms with Gasteiger partial charge in [-0.15, -0.1) is 0 Å². The lowest BCUT2D eigenvalue weighted by Gasteiger charge is -2.32. The Labute approximate surface area is 142 Å². The van der Waals surface area contributed by atoms with E-state index in [1.807, 2.05) is 35.2 Å². The van der Waals surface area contributed by atoms with Gasteiger partial charge in [-0.05, 0) is 37.0 Å². The Hall–Kier alpha value is -2.56. The van der Waals surface area contributed by atoms with Gasteiger partial charge in [-0.2, -0.15) is 0 Å². The molecule has 3 rings (SSSR count). The number of hydrogen-bond donors (Lipinski definition) is 1. The summed E-state index contributed by atoms with van der Waals surface area (Å²) in [5.41, 5.74) is 1.23. The maximum atomic E-state index is 12.3. The van der Waals surface area contributed by atoms with Crippen molar-refractivity contribution in [3.63, 3.8) is 0 Å². The molecular weight excluding hydrogens is 302 g/mol. The van der Waals surface area contributed by atoms with Crippen molar-refractivity contribution >= 4 is 6.03 Å². The summed E-state index contributed by atoms with van der Waals surface area (Å²) in [6.07, 6.45) is 6.24. The topological polar surface area (TPSA) is 54.5 Å². The lowest BCUT2D eigenvalue weighted by Crippen LogP contribution is -2.48. The molecule has 5 nitrogen and oxygen atoms in total. The number of pyridine rings is 1. The van der Waals surface area contributed by atoms with Gasteiger partial charge in [0.25, 0.3) is 0 Å². The number of carbonyl (C=O) groups is 1. The molecule has 2 heterocycles. The number of urea groups is 1. The molecule has 0 aliphatic carbocycles. The highest BCUT2D eigenvalue weighted by Gasteiger charge is 2.24. The van der Waals surface area contributed by atoms with Crippen LogP contribution in [-0.4, -0.2) is 41.7 Å². The number of amides is 2. The van der Waals surface area contributed by atoms with Crippen LogP contribution in [0, 0.1) is 0 Å². The number of hydrogen-bond acceptors (Lipinski definition) is 3. The first-order valence-electron chi connectivity index (χ1n) is 8.44. The fourth-order valence-corrected chi connectivity index (χ4v) is 2.90. The molecule has 1 aliphatic rings. The summed E-state index contributed by atoms with van der Waals surface area (Å²) in [7, 11) is 0. The van der Waals surface area contributed by atoms with E-state index in [-0.39, 0.29) is 12.1 Å². The van der Waals surface area contributed by atoms with Gasteiger partial charge in [-0.25, -0.2) is 4.79 Å². The first-order chi connectivity index (χ1) is 11.8. The zero-order valence-corrected chi connectivity index (χ0v) is 13.7. The van der Waals surface area contributed by atoms with Gasteiger partial charge in [0, 0.05) is 25.5 Å².